The first-order valence-corrected chi connectivity index (χ1v) is 8.88. The van der Waals surface area contributed by atoms with E-state index in [9.17, 15) is 19.5 Å². The van der Waals surface area contributed by atoms with Crippen LogP contribution in [0.1, 0.15) is 28.8 Å². The van der Waals surface area contributed by atoms with Gasteiger partial charge in [0.25, 0.3) is 5.91 Å². The van der Waals surface area contributed by atoms with Crippen molar-refractivity contribution in [3.63, 3.8) is 0 Å². The van der Waals surface area contributed by atoms with Crippen LogP contribution < -0.4 is 5.32 Å². The molecule has 2 unspecified atom stereocenters. The molecule has 0 bridgehead atoms. The molecule has 2 amide bonds. The van der Waals surface area contributed by atoms with Crippen molar-refractivity contribution in [2.45, 2.75) is 12.8 Å². The Morgan fingerprint density at radius 1 is 1.11 bits per heavy atom. The number of hydrogen-bond acceptors (Lipinski definition) is 3. The lowest BCUT2D eigenvalue weighted by Crippen LogP contribution is -2.30. The van der Waals surface area contributed by atoms with Gasteiger partial charge in [0.2, 0.25) is 5.91 Å². The molecule has 0 aromatic heterocycles. The number of aliphatic carboxylic acids is 1. The molecule has 2 N–H and O–H groups in total. The van der Waals surface area contributed by atoms with Crippen LogP contribution in [-0.2, 0) is 9.59 Å². The topological polar surface area (TPSA) is 86.7 Å². The van der Waals surface area contributed by atoms with Crippen LogP contribution in [0.25, 0.3) is 0 Å². The van der Waals surface area contributed by atoms with E-state index in [1.54, 1.807) is 12.1 Å². The second-order valence-corrected chi connectivity index (χ2v) is 6.96. The van der Waals surface area contributed by atoms with E-state index in [1.165, 1.54) is 17.9 Å². The van der Waals surface area contributed by atoms with Crippen molar-refractivity contribution in [2.24, 2.45) is 5.92 Å². The summed E-state index contributed by atoms with van der Waals surface area (Å²) in [4.78, 5) is 37.5. The molecule has 1 heterocycles. The Bertz CT molecular complexity index is 885. The normalized spacial score (nSPS) is 19.0. The van der Waals surface area contributed by atoms with Crippen LogP contribution in [0.3, 0.4) is 0 Å². The third kappa shape index (κ3) is 4.11. The molecule has 0 aliphatic carbocycles. The van der Waals surface area contributed by atoms with Gasteiger partial charge in [0, 0.05) is 31.6 Å². The van der Waals surface area contributed by atoms with Gasteiger partial charge in [-0.2, -0.15) is 0 Å². The van der Waals surface area contributed by atoms with Crippen LogP contribution >= 0.6 is 11.6 Å². The predicted octanol–water partition coefficient (Wildman–Crippen LogP) is 3.24. The first-order valence-electron chi connectivity index (χ1n) is 8.51. The summed E-state index contributed by atoms with van der Waals surface area (Å²) < 4.78 is 0. The second-order valence-electron chi connectivity index (χ2n) is 6.55. The van der Waals surface area contributed by atoms with Gasteiger partial charge < -0.3 is 15.3 Å². The van der Waals surface area contributed by atoms with E-state index in [0.717, 1.165) is 5.56 Å². The largest absolute Gasteiger partial charge is 0.481 e. The molecule has 6 nitrogen and oxygen atoms in total. The van der Waals surface area contributed by atoms with Crippen LogP contribution in [-0.4, -0.2) is 40.9 Å². The van der Waals surface area contributed by atoms with Gasteiger partial charge >= 0.3 is 5.97 Å². The van der Waals surface area contributed by atoms with Crippen molar-refractivity contribution < 1.29 is 19.5 Å². The van der Waals surface area contributed by atoms with Crippen molar-refractivity contribution in [3.8, 4) is 0 Å². The summed E-state index contributed by atoms with van der Waals surface area (Å²) in [6.07, 6.45) is 0. The van der Waals surface area contributed by atoms with E-state index < -0.39 is 11.9 Å². The number of nitrogens with zero attached hydrogens (tertiary/aromatic N) is 1. The third-order valence-corrected chi connectivity index (χ3v) is 5.00. The number of carboxylic acid groups (broad SMARTS) is 1. The number of rotatable bonds is 4. The van der Waals surface area contributed by atoms with Gasteiger partial charge in [0.15, 0.2) is 0 Å². The molecule has 2 aromatic carbocycles. The van der Waals surface area contributed by atoms with Gasteiger partial charge in [-0.05, 0) is 23.8 Å². The minimum Gasteiger partial charge on any atom is -0.481 e. The lowest BCUT2D eigenvalue weighted by atomic mass is 9.89. The number of carbonyl (C=O) groups is 3. The number of carbonyl (C=O) groups excluding carboxylic acids is 2. The van der Waals surface area contributed by atoms with Crippen molar-refractivity contribution >= 4 is 35.1 Å². The number of anilines is 1. The fourth-order valence-corrected chi connectivity index (χ4v) is 3.60. The minimum absolute atomic E-state index is 0.106. The summed E-state index contributed by atoms with van der Waals surface area (Å²) in [7, 11) is 0. The maximum atomic E-state index is 13.0. The molecule has 0 radical (unpaired) electrons. The lowest BCUT2D eigenvalue weighted by molar-refractivity contribution is -0.141. The molecule has 1 aliphatic heterocycles. The van der Waals surface area contributed by atoms with Crippen molar-refractivity contribution in [2.75, 3.05) is 18.4 Å². The Labute approximate surface area is 161 Å². The Kier molecular flexibility index (Phi) is 5.46. The molecule has 0 saturated carbocycles. The van der Waals surface area contributed by atoms with Gasteiger partial charge in [0.1, 0.15) is 0 Å². The zero-order chi connectivity index (χ0) is 19.6. The molecule has 1 fully saturated rings. The zero-order valence-electron chi connectivity index (χ0n) is 14.7. The van der Waals surface area contributed by atoms with Crippen molar-refractivity contribution in [3.05, 3.63) is 64.7 Å². The number of benzene rings is 2. The van der Waals surface area contributed by atoms with Crippen LogP contribution in [0, 0.1) is 5.92 Å². The Morgan fingerprint density at radius 3 is 2.44 bits per heavy atom. The minimum atomic E-state index is -0.933. The maximum absolute atomic E-state index is 13.0. The van der Waals surface area contributed by atoms with E-state index >= 15 is 0 Å². The number of amides is 2. The van der Waals surface area contributed by atoms with E-state index in [4.69, 9.17) is 11.6 Å². The van der Waals surface area contributed by atoms with Crippen LogP contribution in [0.15, 0.2) is 48.5 Å². The zero-order valence-corrected chi connectivity index (χ0v) is 15.4. The Hall–Kier alpha value is -2.86. The Morgan fingerprint density at radius 2 is 1.81 bits per heavy atom. The number of halogens is 1. The van der Waals surface area contributed by atoms with Gasteiger partial charge in [0.05, 0.1) is 16.5 Å². The fraction of sp³-hybridized carbons (Fsp3) is 0.250. The predicted molar refractivity (Wildman–Crippen MR) is 102 cm³/mol. The van der Waals surface area contributed by atoms with Crippen molar-refractivity contribution in [1.82, 2.24) is 4.90 Å². The summed E-state index contributed by atoms with van der Waals surface area (Å²) in [6, 6.07) is 14.0. The molecule has 7 heteroatoms. The molecular formula is C20H19ClN2O4. The SMILES string of the molecule is CC(=O)Nc1ccc(Cl)c(C(=O)N2CC(C(=O)O)C(c3ccccc3)C2)c1. The molecular weight excluding hydrogens is 368 g/mol. The molecule has 2 aromatic rings. The molecule has 2 atom stereocenters. The summed E-state index contributed by atoms with van der Waals surface area (Å²) in [5.74, 6) is -2.51. The number of carboxylic acids is 1. The molecule has 140 valence electrons. The second kappa shape index (κ2) is 7.80. The van der Waals surface area contributed by atoms with E-state index in [-0.39, 0.29) is 34.9 Å². The average Bonchev–Trinajstić information content (AvgIpc) is 3.09. The summed E-state index contributed by atoms with van der Waals surface area (Å²) in [6.45, 7) is 1.77. The number of hydrogen-bond donors (Lipinski definition) is 2. The fourth-order valence-electron chi connectivity index (χ4n) is 3.40. The third-order valence-electron chi connectivity index (χ3n) is 4.67. The summed E-state index contributed by atoms with van der Waals surface area (Å²) >= 11 is 6.18. The average molecular weight is 387 g/mol. The highest BCUT2D eigenvalue weighted by molar-refractivity contribution is 6.34. The molecule has 1 saturated heterocycles. The number of likely N-dealkylation sites (tertiary alicyclic amines) is 1. The molecule has 1 aliphatic rings. The highest BCUT2D eigenvalue weighted by Crippen LogP contribution is 2.34. The van der Waals surface area contributed by atoms with Crippen LogP contribution in [0.5, 0.6) is 0 Å². The van der Waals surface area contributed by atoms with Crippen molar-refractivity contribution in [1.29, 1.82) is 0 Å². The molecule has 0 spiro atoms. The highest BCUT2D eigenvalue weighted by Gasteiger charge is 2.40. The quantitative estimate of drug-likeness (QED) is 0.844. The maximum Gasteiger partial charge on any atom is 0.308 e. The van der Waals surface area contributed by atoms with Gasteiger partial charge in [-0.25, -0.2) is 0 Å². The lowest BCUT2D eigenvalue weighted by Gasteiger charge is -2.18. The van der Waals surface area contributed by atoms with Crippen LogP contribution in [0.2, 0.25) is 5.02 Å². The monoisotopic (exact) mass is 386 g/mol. The van der Waals surface area contributed by atoms with Gasteiger partial charge in [-0.15, -0.1) is 0 Å². The van der Waals surface area contributed by atoms with Crippen LogP contribution in [0.4, 0.5) is 5.69 Å². The van der Waals surface area contributed by atoms with E-state index in [1.807, 2.05) is 30.3 Å². The summed E-state index contributed by atoms with van der Waals surface area (Å²) in [5.41, 5.74) is 1.59. The molecule has 27 heavy (non-hydrogen) atoms. The first kappa shape index (κ1) is 18.9. The highest BCUT2D eigenvalue weighted by atomic mass is 35.5. The van der Waals surface area contributed by atoms with E-state index in [0.29, 0.717) is 12.2 Å². The smallest absolute Gasteiger partial charge is 0.308 e. The summed E-state index contributed by atoms with van der Waals surface area (Å²) in [5, 5.41) is 12.5. The van der Waals surface area contributed by atoms with Gasteiger partial charge in [-0.3, -0.25) is 14.4 Å². The number of nitrogens with one attached hydrogen (secondary N) is 1. The van der Waals surface area contributed by atoms with E-state index in [2.05, 4.69) is 5.32 Å². The standard InChI is InChI=1S/C20H19ClN2O4/c1-12(24)22-14-7-8-18(21)15(9-14)19(25)23-10-16(17(11-23)20(26)27)13-5-3-2-4-6-13/h2-9,16-17H,10-11H2,1H3,(H,22,24)(H,26,27). The van der Waals surface area contributed by atoms with Gasteiger partial charge in [-0.1, -0.05) is 41.9 Å². The first-order chi connectivity index (χ1) is 12.9. The molecule has 3 rings (SSSR count). The Balaban J connectivity index is 1.87.